The Morgan fingerprint density at radius 1 is 1.64 bits per heavy atom. The van der Waals surface area contributed by atoms with E-state index >= 15 is 0 Å². The number of nitrogens with zero attached hydrogens (tertiary/aromatic N) is 1. The average Bonchev–Trinajstić information content (AvgIpc) is 2.37. The van der Waals surface area contributed by atoms with Crippen LogP contribution in [0.3, 0.4) is 0 Å². The van der Waals surface area contributed by atoms with Crippen molar-refractivity contribution in [3.05, 3.63) is 22.4 Å². The van der Waals surface area contributed by atoms with Crippen LogP contribution in [0.2, 0.25) is 0 Å². The minimum atomic E-state index is 0.155. The molecule has 0 fully saturated rings. The zero-order valence-electron chi connectivity index (χ0n) is 7.00. The lowest BCUT2D eigenvalue weighted by atomic mass is 9.87. The molecule has 0 aliphatic rings. The van der Waals surface area contributed by atoms with Gasteiger partial charge in [0.05, 0.1) is 0 Å². The van der Waals surface area contributed by atoms with Crippen LogP contribution in [0.5, 0.6) is 0 Å². The van der Waals surface area contributed by atoms with E-state index in [1.54, 1.807) is 11.3 Å². The van der Waals surface area contributed by atoms with Crippen LogP contribution < -0.4 is 0 Å². The van der Waals surface area contributed by atoms with Crippen LogP contribution in [0.4, 0.5) is 0 Å². The van der Waals surface area contributed by atoms with Gasteiger partial charge < -0.3 is 4.99 Å². The largest absolute Gasteiger partial charge is 0.300 e. The molecule has 0 N–H and O–H groups in total. The van der Waals surface area contributed by atoms with Crippen molar-refractivity contribution in [3.8, 4) is 0 Å². The molecule has 0 aliphatic carbocycles. The van der Waals surface area contributed by atoms with Crippen LogP contribution in [-0.2, 0) is 5.41 Å². The van der Waals surface area contributed by atoms with E-state index in [1.165, 1.54) is 5.56 Å². The Labute approximate surface area is 71.8 Å². The van der Waals surface area contributed by atoms with Crippen molar-refractivity contribution in [1.29, 1.82) is 0 Å². The van der Waals surface area contributed by atoms with E-state index in [1.807, 2.05) is 0 Å². The zero-order valence-corrected chi connectivity index (χ0v) is 7.82. The van der Waals surface area contributed by atoms with Crippen molar-refractivity contribution < 1.29 is 0 Å². The van der Waals surface area contributed by atoms with E-state index in [2.05, 4.69) is 42.4 Å². The third kappa shape index (κ3) is 1.90. The molecule has 0 spiro atoms. The van der Waals surface area contributed by atoms with E-state index in [4.69, 9.17) is 0 Å². The topological polar surface area (TPSA) is 12.4 Å². The molecule has 1 aromatic rings. The Hall–Kier alpha value is -0.630. The molecule has 2 heteroatoms. The Balaban J connectivity index is 2.81. The highest BCUT2D eigenvalue weighted by Crippen LogP contribution is 2.25. The highest BCUT2D eigenvalue weighted by Gasteiger charge is 2.19. The van der Waals surface area contributed by atoms with Gasteiger partial charge in [0.25, 0.3) is 0 Å². The van der Waals surface area contributed by atoms with Crippen LogP contribution >= 0.6 is 11.3 Å². The van der Waals surface area contributed by atoms with Gasteiger partial charge in [-0.1, -0.05) is 13.8 Å². The van der Waals surface area contributed by atoms with Crippen molar-refractivity contribution in [1.82, 2.24) is 0 Å². The standard InChI is InChI=1S/C9H13NS/c1-9(2,7-10-3)8-4-5-11-6-8/h4-6H,3,7H2,1-2H3. The maximum absolute atomic E-state index is 3.92. The fraction of sp³-hybridized carbons (Fsp3) is 0.444. The predicted molar refractivity (Wildman–Crippen MR) is 51.8 cm³/mol. The van der Waals surface area contributed by atoms with E-state index in [0.717, 1.165) is 6.54 Å². The van der Waals surface area contributed by atoms with E-state index in [9.17, 15) is 0 Å². The summed E-state index contributed by atoms with van der Waals surface area (Å²) in [5.74, 6) is 0. The molecule has 1 aromatic heterocycles. The van der Waals surface area contributed by atoms with Gasteiger partial charge in [0.1, 0.15) is 0 Å². The molecule has 0 saturated carbocycles. The molecule has 0 saturated heterocycles. The molecular formula is C9H13NS. The molecule has 0 aromatic carbocycles. The Kier molecular flexibility index (Phi) is 2.45. The van der Waals surface area contributed by atoms with Gasteiger partial charge in [-0.05, 0) is 29.1 Å². The van der Waals surface area contributed by atoms with Gasteiger partial charge in [-0.15, -0.1) is 0 Å². The fourth-order valence-electron chi connectivity index (χ4n) is 1.02. The highest BCUT2D eigenvalue weighted by molar-refractivity contribution is 7.08. The van der Waals surface area contributed by atoms with Crippen LogP contribution in [0, 0.1) is 0 Å². The Morgan fingerprint density at radius 2 is 2.36 bits per heavy atom. The molecule has 0 aliphatic heterocycles. The number of hydrogen-bond donors (Lipinski definition) is 0. The molecule has 1 nitrogen and oxygen atoms in total. The SMILES string of the molecule is C=NCC(C)(C)c1ccsc1. The van der Waals surface area contributed by atoms with Crippen molar-refractivity contribution in [3.63, 3.8) is 0 Å². The average molecular weight is 167 g/mol. The van der Waals surface area contributed by atoms with Crippen LogP contribution in [0.15, 0.2) is 21.8 Å². The fourth-order valence-corrected chi connectivity index (χ4v) is 1.87. The summed E-state index contributed by atoms with van der Waals surface area (Å²) in [5, 5.41) is 4.27. The van der Waals surface area contributed by atoms with Gasteiger partial charge in [-0.25, -0.2) is 0 Å². The predicted octanol–water partition coefficient (Wildman–Crippen LogP) is 2.73. The molecule has 0 unspecified atom stereocenters. The molecule has 1 heterocycles. The zero-order chi connectivity index (χ0) is 8.32. The van der Waals surface area contributed by atoms with E-state index < -0.39 is 0 Å². The third-order valence-corrected chi connectivity index (χ3v) is 2.49. The molecular weight excluding hydrogens is 154 g/mol. The van der Waals surface area contributed by atoms with Crippen molar-refractivity contribution in [2.24, 2.45) is 4.99 Å². The number of thiophene rings is 1. The second-order valence-electron chi connectivity index (χ2n) is 3.28. The van der Waals surface area contributed by atoms with E-state index in [-0.39, 0.29) is 5.41 Å². The summed E-state index contributed by atoms with van der Waals surface area (Å²) in [6, 6.07) is 2.15. The van der Waals surface area contributed by atoms with Gasteiger partial charge in [-0.3, -0.25) is 0 Å². The summed E-state index contributed by atoms with van der Waals surface area (Å²) >= 11 is 1.73. The molecule has 0 atom stereocenters. The highest BCUT2D eigenvalue weighted by atomic mass is 32.1. The summed E-state index contributed by atoms with van der Waals surface area (Å²) in [6.07, 6.45) is 0. The minimum Gasteiger partial charge on any atom is -0.300 e. The number of rotatable bonds is 3. The monoisotopic (exact) mass is 167 g/mol. The first-order valence-electron chi connectivity index (χ1n) is 3.62. The lowest BCUT2D eigenvalue weighted by molar-refractivity contribution is 0.544. The first-order chi connectivity index (χ1) is 5.17. The molecule has 1 rings (SSSR count). The maximum atomic E-state index is 3.92. The van der Waals surface area contributed by atoms with Crippen LogP contribution in [0.1, 0.15) is 19.4 Å². The maximum Gasteiger partial charge on any atom is 0.0474 e. The van der Waals surface area contributed by atoms with E-state index in [0.29, 0.717) is 0 Å². The summed E-state index contributed by atoms with van der Waals surface area (Å²) in [5.41, 5.74) is 1.51. The second-order valence-corrected chi connectivity index (χ2v) is 4.06. The summed E-state index contributed by atoms with van der Waals surface area (Å²) < 4.78 is 0. The number of hydrogen-bond acceptors (Lipinski definition) is 2. The van der Waals surface area contributed by atoms with Crippen LogP contribution in [0.25, 0.3) is 0 Å². The molecule has 0 radical (unpaired) electrons. The Morgan fingerprint density at radius 3 is 2.82 bits per heavy atom. The van der Waals surface area contributed by atoms with Gasteiger partial charge in [0, 0.05) is 12.0 Å². The minimum absolute atomic E-state index is 0.155. The van der Waals surface area contributed by atoms with Gasteiger partial charge in [0.15, 0.2) is 0 Å². The van der Waals surface area contributed by atoms with Gasteiger partial charge >= 0.3 is 0 Å². The van der Waals surface area contributed by atoms with Crippen molar-refractivity contribution >= 4 is 18.1 Å². The van der Waals surface area contributed by atoms with Crippen LogP contribution in [-0.4, -0.2) is 13.3 Å². The van der Waals surface area contributed by atoms with Gasteiger partial charge in [-0.2, -0.15) is 11.3 Å². The lowest BCUT2D eigenvalue weighted by Crippen LogP contribution is -2.19. The van der Waals surface area contributed by atoms with Crippen molar-refractivity contribution in [2.45, 2.75) is 19.3 Å². The Bertz CT molecular complexity index is 224. The summed E-state index contributed by atoms with van der Waals surface area (Å²) in [6.45, 7) is 8.67. The van der Waals surface area contributed by atoms with Gasteiger partial charge in [0.2, 0.25) is 0 Å². The summed E-state index contributed by atoms with van der Waals surface area (Å²) in [4.78, 5) is 3.92. The lowest BCUT2D eigenvalue weighted by Gasteiger charge is -2.20. The molecule has 11 heavy (non-hydrogen) atoms. The first-order valence-corrected chi connectivity index (χ1v) is 4.56. The summed E-state index contributed by atoms with van der Waals surface area (Å²) in [7, 11) is 0. The smallest absolute Gasteiger partial charge is 0.0474 e. The quantitative estimate of drug-likeness (QED) is 0.614. The molecule has 60 valence electrons. The molecule has 0 bridgehead atoms. The normalized spacial score (nSPS) is 11.5. The van der Waals surface area contributed by atoms with Crippen molar-refractivity contribution in [2.75, 3.05) is 6.54 Å². The second kappa shape index (κ2) is 3.18. The number of aliphatic imine (C=N–C) groups is 1. The first kappa shape index (κ1) is 8.47. The molecule has 0 amide bonds. The third-order valence-electron chi connectivity index (χ3n) is 1.81.